The van der Waals surface area contributed by atoms with Crippen molar-refractivity contribution in [2.45, 2.75) is 9.79 Å². The minimum atomic E-state index is -0.216. The molecule has 0 fully saturated rings. The summed E-state index contributed by atoms with van der Waals surface area (Å²) in [5, 5.41) is 3.19. The van der Waals surface area contributed by atoms with Crippen LogP contribution in [0.5, 0.6) is 0 Å². The fourth-order valence-electron chi connectivity index (χ4n) is 1.82. The Morgan fingerprint density at radius 1 is 0.714 bits per heavy atom. The minimum Gasteiger partial charge on any atom is -0.0904 e. The van der Waals surface area contributed by atoms with E-state index in [4.69, 9.17) is 0 Å². The van der Waals surface area contributed by atoms with Gasteiger partial charge in [-0.3, -0.25) is 0 Å². The lowest BCUT2D eigenvalue weighted by molar-refractivity contribution is 1.44. The van der Waals surface area contributed by atoms with E-state index in [-0.39, 0.29) is 9.52 Å². The second-order valence-electron chi connectivity index (χ2n) is 3.49. The van der Waals surface area contributed by atoms with E-state index in [1.165, 1.54) is 9.79 Å². The first-order valence-corrected chi connectivity index (χ1v) is 7.00. The Balaban J connectivity index is 2.12. The van der Waals surface area contributed by atoms with E-state index in [1.807, 2.05) is 11.8 Å². The fraction of sp³-hybridized carbons (Fsp3) is 0. The van der Waals surface area contributed by atoms with Gasteiger partial charge in [-0.25, -0.2) is 0 Å². The van der Waals surface area contributed by atoms with Gasteiger partial charge in [0.25, 0.3) is 0 Å². The van der Waals surface area contributed by atoms with Crippen LogP contribution in [0.4, 0.5) is 0 Å². The van der Waals surface area contributed by atoms with Crippen LogP contribution >= 0.6 is 11.8 Å². The predicted octanol–water partition coefficient (Wildman–Crippen LogP) is 1.27. The van der Waals surface area contributed by atoms with Crippen LogP contribution in [-0.2, 0) is 0 Å². The first kappa shape index (κ1) is 8.33. The molecule has 0 N–H and O–H groups in total. The zero-order valence-electron chi connectivity index (χ0n) is 7.73. The smallest absolute Gasteiger partial charge is 0.0904 e. The molecule has 0 aliphatic carbocycles. The van der Waals surface area contributed by atoms with E-state index in [9.17, 15) is 0 Å². The Morgan fingerprint density at radius 3 is 1.79 bits per heavy atom. The summed E-state index contributed by atoms with van der Waals surface area (Å²) >= 11 is 1.92. The molecule has 68 valence electrons. The molecule has 0 bridgehead atoms. The van der Waals surface area contributed by atoms with Gasteiger partial charge >= 0.3 is 0 Å². The third-order valence-electron chi connectivity index (χ3n) is 2.55. The molecular formula is C12H10SSi. The molecular weight excluding hydrogens is 204 g/mol. The molecule has 1 aliphatic heterocycles. The van der Waals surface area contributed by atoms with Gasteiger partial charge < -0.3 is 0 Å². The molecule has 0 amide bonds. The van der Waals surface area contributed by atoms with Crippen molar-refractivity contribution in [3.8, 4) is 0 Å². The van der Waals surface area contributed by atoms with Crippen molar-refractivity contribution < 1.29 is 0 Å². The average Bonchev–Trinajstić information content (AvgIpc) is 2.26. The van der Waals surface area contributed by atoms with Gasteiger partial charge in [-0.1, -0.05) is 48.2 Å². The number of fused-ring (bicyclic) bond motifs is 2. The SMILES string of the molecule is c1ccc2c(c1)[SiH2]c1ccccc1S2. The van der Waals surface area contributed by atoms with Crippen molar-refractivity contribution in [3.05, 3.63) is 48.5 Å². The van der Waals surface area contributed by atoms with Crippen LogP contribution in [0.2, 0.25) is 0 Å². The van der Waals surface area contributed by atoms with E-state index >= 15 is 0 Å². The van der Waals surface area contributed by atoms with Gasteiger partial charge in [-0.05, 0) is 22.5 Å². The van der Waals surface area contributed by atoms with Crippen molar-refractivity contribution in [1.29, 1.82) is 0 Å². The maximum absolute atomic E-state index is 2.28. The van der Waals surface area contributed by atoms with E-state index in [0.29, 0.717) is 0 Å². The van der Waals surface area contributed by atoms with E-state index in [0.717, 1.165) is 0 Å². The van der Waals surface area contributed by atoms with Crippen LogP contribution < -0.4 is 10.4 Å². The monoisotopic (exact) mass is 214 g/mol. The summed E-state index contributed by atoms with van der Waals surface area (Å²) in [7, 11) is -0.216. The number of rotatable bonds is 0. The van der Waals surface area contributed by atoms with Crippen LogP contribution in [0.15, 0.2) is 58.3 Å². The van der Waals surface area contributed by atoms with Crippen molar-refractivity contribution in [3.63, 3.8) is 0 Å². The zero-order valence-corrected chi connectivity index (χ0v) is 9.96. The zero-order chi connectivity index (χ0) is 9.38. The van der Waals surface area contributed by atoms with Crippen LogP contribution in [0.3, 0.4) is 0 Å². The lowest BCUT2D eigenvalue weighted by Crippen LogP contribution is -2.33. The molecule has 0 spiro atoms. The molecule has 3 rings (SSSR count). The summed E-state index contributed by atoms with van der Waals surface area (Å²) in [6, 6.07) is 17.6. The molecule has 2 heteroatoms. The molecule has 1 aliphatic rings. The Morgan fingerprint density at radius 2 is 1.21 bits per heavy atom. The quantitative estimate of drug-likeness (QED) is 0.508. The van der Waals surface area contributed by atoms with Crippen molar-refractivity contribution in [2.75, 3.05) is 0 Å². The maximum Gasteiger partial charge on any atom is 0.0904 e. The van der Waals surface area contributed by atoms with Crippen molar-refractivity contribution in [2.24, 2.45) is 0 Å². The van der Waals surface area contributed by atoms with Gasteiger partial charge in [-0.2, -0.15) is 0 Å². The summed E-state index contributed by atoms with van der Waals surface area (Å²) in [4.78, 5) is 2.94. The topological polar surface area (TPSA) is 0 Å². The highest BCUT2D eigenvalue weighted by atomic mass is 32.2. The molecule has 0 nitrogen and oxygen atoms in total. The molecule has 0 atom stereocenters. The number of hydrogen-bond donors (Lipinski definition) is 0. The lowest BCUT2D eigenvalue weighted by atomic mass is 10.3. The largest absolute Gasteiger partial charge is 0.0904 e. The third kappa shape index (κ3) is 1.31. The van der Waals surface area contributed by atoms with Gasteiger partial charge in [0.05, 0.1) is 9.52 Å². The summed E-state index contributed by atoms with van der Waals surface area (Å²) in [6.45, 7) is 0. The fourth-order valence-corrected chi connectivity index (χ4v) is 5.12. The first-order valence-electron chi connectivity index (χ1n) is 4.77. The summed E-state index contributed by atoms with van der Waals surface area (Å²) < 4.78 is 0. The molecule has 2 aromatic rings. The highest BCUT2D eigenvalue weighted by Crippen LogP contribution is 2.26. The van der Waals surface area contributed by atoms with E-state index < -0.39 is 0 Å². The Labute approximate surface area is 90.2 Å². The van der Waals surface area contributed by atoms with Crippen LogP contribution in [0.25, 0.3) is 0 Å². The Bertz CT molecular complexity index is 392. The first-order chi connectivity index (χ1) is 6.93. The predicted molar refractivity (Wildman–Crippen MR) is 64.8 cm³/mol. The third-order valence-corrected chi connectivity index (χ3v) is 6.29. The second-order valence-corrected chi connectivity index (χ2v) is 6.46. The average molecular weight is 214 g/mol. The molecule has 14 heavy (non-hydrogen) atoms. The molecule has 0 saturated heterocycles. The van der Waals surface area contributed by atoms with E-state index in [1.54, 1.807) is 10.4 Å². The standard InChI is InChI=1S/C12H10SSi/c1-3-7-11-9(5-1)13-10-6-2-4-8-12(10)14-11/h1-8H,14H2. The second kappa shape index (κ2) is 3.30. The maximum atomic E-state index is 2.28. The Hall–Kier alpha value is -0.993. The van der Waals surface area contributed by atoms with Crippen molar-refractivity contribution in [1.82, 2.24) is 0 Å². The minimum absolute atomic E-state index is 0.216. The number of benzene rings is 2. The van der Waals surface area contributed by atoms with E-state index in [2.05, 4.69) is 48.5 Å². The molecule has 0 radical (unpaired) electrons. The highest BCUT2D eigenvalue weighted by molar-refractivity contribution is 8.00. The van der Waals surface area contributed by atoms with Crippen LogP contribution in [0.1, 0.15) is 0 Å². The molecule has 0 saturated carbocycles. The highest BCUT2D eigenvalue weighted by Gasteiger charge is 2.14. The number of hydrogen-bond acceptors (Lipinski definition) is 1. The van der Waals surface area contributed by atoms with Crippen molar-refractivity contribution >= 4 is 31.7 Å². The molecule has 0 aromatic heterocycles. The summed E-state index contributed by atoms with van der Waals surface area (Å²) in [5.41, 5.74) is 0. The van der Waals surface area contributed by atoms with Gasteiger partial charge in [0.15, 0.2) is 0 Å². The molecule has 1 heterocycles. The van der Waals surface area contributed by atoms with Crippen LogP contribution in [-0.4, -0.2) is 9.52 Å². The van der Waals surface area contributed by atoms with Gasteiger partial charge in [0.2, 0.25) is 0 Å². The van der Waals surface area contributed by atoms with Gasteiger partial charge in [-0.15, -0.1) is 0 Å². The normalized spacial score (nSPS) is 13.1. The van der Waals surface area contributed by atoms with Gasteiger partial charge in [0.1, 0.15) is 0 Å². The van der Waals surface area contributed by atoms with Crippen LogP contribution in [0, 0.1) is 0 Å². The molecule has 0 unspecified atom stereocenters. The Kier molecular flexibility index (Phi) is 1.96. The van der Waals surface area contributed by atoms with Gasteiger partial charge in [0, 0.05) is 9.79 Å². The molecule has 2 aromatic carbocycles. The summed E-state index contributed by atoms with van der Waals surface area (Å²) in [6.07, 6.45) is 0. The lowest BCUT2D eigenvalue weighted by Gasteiger charge is -2.17. The summed E-state index contributed by atoms with van der Waals surface area (Å²) in [5.74, 6) is 0.